The molecule has 0 aromatic heterocycles. The summed E-state index contributed by atoms with van der Waals surface area (Å²) in [7, 11) is 0. The van der Waals surface area contributed by atoms with Gasteiger partial charge in [-0.25, -0.2) is 4.79 Å². The third kappa shape index (κ3) is 6.49. The van der Waals surface area contributed by atoms with Crippen LogP contribution in [0.15, 0.2) is 24.3 Å². The van der Waals surface area contributed by atoms with Crippen molar-refractivity contribution in [1.29, 1.82) is 0 Å². The maximum atomic E-state index is 12.1. The number of hydrogen-bond donors (Lipinski definition) is 3. The Balaban J connectivity index is 1.76. The summed E-state index contributed by atoms with van der Waals surface area (Å²) in [5.41, 5.74) is 0.601. The summed E-state index contributed by atoms with van der Waals surface area (Å²) >= 11 is 0. The minimum atomic E-state index is -4.75. The molecule has 1 fully saturated rings. The minimum absolute atomic E-state index is 0.105. The van der Waals surface area contributed by atoms with E-state index in [0.717, 1.165) is 12.1 Å². The lowest BCUT2D eigenvalue weighted by molar-refractivity contribution is -0.274. The second-order valence-corrected chi connectivity index (χ2v) is 5.46. The van der Waals surface area contributed by atoms with Crippen molar-refractivity contribution >= 4 is 12.0 Å². The predicted molar refractivity (Wildman–Crippen MR) is 78.9 cm³/mol. The first kappa shape index (κ1) is 18.8. The Morgan fingerprint density at radius 1 is 1.24 bits per heavy atom. The molecule has 2 atom stereocenters. The molecule has 7 nitrogen and oxygen atoms in total. The highest BCUT2D eigenvalue weighted by Crippen LogP contribution is 2.22. The summed E-state index contributed by atoms with van der Waals surface area (Å²) < 4.78 is 45.3. The van der Waals surface area contributed by atoms with E-state index in [9.17, 15) is 22.8 Å². The van der Waals surface area contributed by atoms with Crippen LogP contribution in [0.3, 0.4) is 0 Å². The molecule has 2 amide bonds. The van der Waals surface area contributed by atoms with Gasteiger partial charge in [-0.15, -0.1) is 13.2 Å². The van der Waals surface area contributed by atoms with Crippen LogP contribution < -0.4 is 15.4 Å². The minimum Gasteiger partial charge on any atom is -0.465 e. The van der Waals surface area contributed by atoms with E-state index < -0.39 is 18.6 Å². The normalized spacial score (nSPS) is 20.6. The highest BCUT2D eigenvalue weighted by Gasteiger charge is 2.31. The number of halogens is 3. The number of alkyl halides is 3. The van der Waals surface area contributed by atoms with Crippen LogP contribution in [0.25, 0.3) is 0 Å². The Bertz CT molecular complexity index is 598. The Labute approximate surface area is 141 Å². The van der Waals surface area contributed by atoms with Gasteiger partial charge in [0, 0.05) is 6.54 Å². The van der Waals surface area contributed by atoms with Gasteiger partial charge in [0.2, 0.25) is 5.91 Å². The number of amides is 2. The first-order valence-corrected chi connectivity index (χ1v) is 7.46. The molecule has 1 aromatic rings. The number of benzene rings is 1. The molecule has 0 saturated carbocycles. The monoisotopic (exact) mass is 362 g/mol. The van der Waals surface area contributed by atoms with Gasteiger partial charge in [0.25, 0.3) is 0 Å². The lowest BCUT2D eigenvalue weighted by Gasteiger charge is -2.28. The van der Waals surface area contributed by atoms with Crippen LogP contribution in [-0.4, -0.2) is 42.2 Å². The molecular weight excluding hydrogens is 345 g/mol. The van der Waals surface area contributed by atoms with Gasteiger partial charge >= 0.3 is 12.5 Å². The van der Waals surface area contributed by atoms with Gasteiger partial charge in [0.1, 0.15) is 11.9 Å². The molecule has 1 heterocycles. The smallest absolute Gasteiger partial charge is 0.465 e. The molecule has 0 spiro atoms. The second-order valence-electron chi connectivity index (χ2n) is 5.46. The van der Waals surface area contributed by atoms with Crippen LogP contribution in [0, 0.1) is 0 Å². The van der Waals surface area contributed by atoms with Crippen molar-refractivity contribution in [2.45, 2.75) is 37.9 Å². The van der Waals surface area contributed by atoms with E-state index in [-0.39, 0.29) is 30.9 Å². The van der Waals surface area contributed by atoms with Crippen LogP contribution in [0.2, 0.25) is 0 Å². The predicted octanol–water partition coefficient (Wildman–Crippen LogP) is 2.02. The van der Waals surface area contributed by atoms with Gasteiger partial charge in [0.05, 0.1) is 12.6 Å². The first-order chi connectivity index (χ1) is 11.7. The standard InChI is InChI=1S/C15H17F3N2O5/c16-15(17,18)25-11-4-1-9(2-5-11)7-19-13(21)12-6-3-10(8-24-12)20-14(22)23/h1-2,4-5,10,12,20H,3,6-8H2,(H,19,21)(H,22,23)/t10-,12-/m1/s1. The summed E-state index contributed by atoms with van der Waals surface area (Å²) in [5, 5.41) is 13.5. The molecule has 138 valence electrons. The van der Waals surface area contributed by atoms with E-state index in [2.05, 4.69) is 15.4 Å². The maximum Gasteiger partial charge on any atom is 0.573 e. The molecule has 0 unspecified atom stereocenters. The van der Waals surface area contributed by atoms with Crippen molar-refractivity contribution in [3.63, 3.8) is 0 Å². The van der Waals surface area contributed by atoms with Gasteiger partial charge in [0.15, 0.2) is 0 Å². The average Bonchev–Trinajstić information content (AvgIpc) is 2.52. The van der Waals surface area contributed by atoms with Crippen LogP contribution in [0.1, 0.15) is 18.4 Å². The fourth-order valence-corrected chi connectivity index (χ4v) is 2.36. The molecule has 25 heavy (non-hydrogen) atoms. The molecule has 0 radical (unpaired) electrons. The van der Waals surface area contributed by atoms with E-state index in [4.69, 9.17) is 9.84 Å². The lowest BCUT2D eigenvalue weighted by atomic mass is 10.0. The molecule has 2 rings (SSSR count). The molecule has 0 aliphatic carbocycles. The van der Waals surface area contributed by atoms with Gasteiger partial charge in [-0.05, 0) is 30.5 Å². The van der Waals surface area contributed by atoms with E-state index in [0.29, 0.717) is 18.4 Å². The summed E-state index contributed by atoms with van der Waals surface area (Å²) in [6.07, 6.45) is -5.72. The summed E-state index contributed by atoms with van der Waals surface area (Å²) in [6, 6.07) is 4.80. The SMILES string of the molecule is O=C(O)N[C@@H]1CC[C@H](C(=O)NCc2ccc(OC(F)(F)F)cc2)OC1. The van der Waals surface area contributed by atoms with Crippen LogP contribution in [0.4, 0.5) is 18.0 Å². The van der Waals surface area contributed by atoms with Gasteiger partial charge < -0.3 is 25.2 Å². The summed E-state index contributed by atoms with van der Waals surface area (Å²) in [6.45, 7) is 0.232. The van der Waals surface area contributed by atoms with Crippen molar-refractivity contribution < 1.29 is 37.3 Å². The zero-order chi connectivity index (χ0) is 18.4. The number of ether oxygens (including phenoxy) is 2. The number of carbonyl (C=O) groups excluding carboxylic acids is 1. The van der Waals surface area contributed by atoms with Crippen molar-refractivity contribution in [1.82, 2.24) is 10.6 Å². The molecule has 1 saturated heterocycles. The topological polar surface area (TPSA) is 96.9 Å². The fourth-order valence-electron chi connectivity index (χ4n) is 2.36. The van der Waals surface area contributed by atoms with Crippen molar-refractivity contribution in [2.75, 3.05) is 6.61 Å². The Morgan fingerprint density at radius 3 is 2.44 bits per heavy atom. The zero-order valence-corrected chi connectivity index (χ0v) is 13.0. The van der Waals surface area contributed by atoms with Crippen LogP contribution in [0.5, 0.6) is 5.75 Å². The second kappa shape index (κ2) is 8.06. The summed E-state index contributed by atoms with van der Waals surface area (Å²) in [5.74, 6) is -0.695. The van der Waals surface area contributed by atoms with Gasteiger partial charge in [-0.3, -0.25) is 4.79 Å². The highest BCUT2D eigenvalue weighted by molar-refractivity contribution is 5.80. The molecule has 3 N–H and O–H groups in total. The molecule has 10 heteroatoms. The van der Waals surface area contributed by atoms with Crippen molar-refractivity contribution in [3.8, 4) is 5.75 Å². The molecule has 1 aliphatic rings. The molecule has 1 aromatic carbocycles. The Hall–Kier alpha value is -2.49. The van der Waals surface area contributed by atoms with Gasteiger partial charge in [-0.2, -0.15) is 0 Å². The van der Waals surface area contributed by atoms with E-state index in [1.54, 1.807) is 0 Å². The number of hydrogen-bond acceptors (Lipinski definition) is 4. The molecule has 1 aliphatic heterocycles. The average molecular weight is 362 g/mol. The third-order valence-corrected chi connectivity index (χ3v) is 3.52. The third-order valence-electron chi connectivity index (χ3n) is 3.52. The van der Waals surface area contributed by atoms with Crippen molar-refractivity contribution in [3.05, 3.63) is 29.8 Å². The quantitative estimate of drug-likeness (QED) is 0.745. The number of carboxylic acid groups (broad SMARTS) is 1. The largest absolute Gasteiger partial charge is 0.573 e. The van der Waals surface area contributed by atoms with Crippen LogP contribution >= 0.6 is 0 Å². The van der Waals surface area contributed by atoms with Crippen molar-refractivity contribution in [2.24, 2.45) is 0 Å². The fraction of sp³-hybridized carbons (Fsp3) is 0.467. The van der Waals surface area contributed by atoms with Crippen LogP contribution in [-0.2, 0) is 16.1 Å². The maximum absolute atomic E-state index is 12.1. The van der Waals surface area contributed by atoms with E-state index in [1.807, 2.05) is 0 Å². The zero-order valence-electron chi connectivity index (χ0n) is 13.0. The van der Waals surface area contributed by atoms with E-state index >= 15 is 0 Å². The molecule has 0 bridgehead atoms. The first-order valence-electron chi connectivity index (χ1n) is 7.46. The number of carbonyl (C=O) groups is 2. The Kier molecular flexibility index (Phi) is 6.07. The Morgan fingerprint density at radius 2 is 1.92 bits per heavy atom. The summed E-state index contributed by atoms with van der Waals surface area (Å²) in [4.78, 5) is 22.5. The number of nitrogens with one attached hydrogen (secondary N) is 2. The number of rotatable bonds is 5. The molecular formula is C15H17F3N2O5. The van der Waals surface area contributed by atoms with E-state index in [1.165, 1.54) is 12.1 Å². The lowest BCUT2D eigenvalue weighted by Crippen LogP contribution is -2.46. The highest BCUT2D eigenvalue weighted by atomic mass is 19.4. The van der Waals surface area contributed by atoms with Gasteiger partial charge in [-0.1, -0.05) is 12.1 Å².